The lowest BCUT2D eigenvalue weighted by Crippen LogP contribution is -2.23. The Hall–Kier alpha value is -3.91. The summed E-state index contributed by atoms with van der Waals surface area (Å²) < 4.78 is 21.3. The van der Waals surface area contributed by atoms with Crippen LogP contribution in [0.2, 0.25) is 0 Å². The third-order valence-electron chi connectivity index (χ3n) is 5.22. The largest absolute Gasteiger partial charge is 0.483 e. The molecule has 0 radical (unpaired) electrons. The molecule has 6 nitrogen and oxygen atoms in total. The van der Waals surface area contributed by atoms with Crippen LogP contribution >= 0.6 is 11.8 Å². The number of rotatable bonds is 10. The van der Waals surface area contributed by atoms with E-state index in [2.05, 4.69) is 22.1 Å². The number of allylic oxidation sites excluding steroid dienone is 1. The minimum absolute atomic E-state index is 0.0351. The number of anilines is 1. The fraction of sp³-hybridized carbons (Fsp3) is 0.148. The number of nitrogens with one attached hydrogen (secondary N) is 1. The van der Waals surface area contributed by atoms with Crippen molar-refractivity contribution in [3.8, 4) is 16.9 Å². The van der Waals surface area contributed by atoms with Gasteiger partial charge in [-0.15, -0.1) is 16.8 Å². The van der Waals surface area contributed by atoms with Gasteiger partial charge in [0.2, 0.25) is 5.91 Å². The molecule has 0 saturated carbocycles. The molecular formula is C27H25FN4O2S. The van der Waals surface area contributed by atoms with Crippen molar-refractivity contribution < 1.29 is 13.9 Å². The van der Waals surface area contributed by atoms with Gasteiger partial charge >= 0.3 is 0 Å². The molecule has 35 heavy (non-hydrogen) atoms. The molecule has 0 aliphatic rings. The standard InChI is InChI=1S/C27H25FN4O2S/c1-3-17-32-25(18-34-24-16-10-8-14-22(24)28)30-31-27(32)35-19(2)26(33)29-23-15-9-7-13-21(23)20-11-5-4-6-12-20/h3-16,19H,1,17-18H2,2H3,(H,29,33). The smallest absolute Gasteiger partial charge is 0.237 e. The topological polar surface area (TPSA) is 69.0 Å². The van der Waals surface area contributed by atoms with Crippen LogP contribution in [0.4, 0.5) is 10.1 Å². The van der Waals surface area contributed by atoms with E-state index in [0.717, 1.165) is 16.8 Å². The summed E-state index contributed by atoms with van der Waals surface area (Å²) in [6.07, 6.45) is 1.71. The molecule has 178 valence electrons. The third-order valence-corrected chi connectivity index (χ3v) is 6.30. The average Bonchev–Trinajstić information content (AvgIpc) is 3.25. The summed E-state index contributed by atoms with van der Waals surface area (Å²) in [4.78, 5) is 13.0. The molecule has 4 rings (SSSR count). The molecule has 1 heterocycles. The van der Waals surface area contributed by atoms with Crippen LogP contribution in [0.15, 0.2) is 96.7 Å². The maximum atomic E-state index is 13.9. The molecule has 8 heteroatoms. The van der Waals surface area contributed by atoms with E-state index in [4.69, 9.17) is 4.74 Å². The van der Waals surface area contributed by atoms with Gasteiger partial charge in [-0.25, -0.2) is 4.39 Å². The van der Waals surface area contributed by atoms with E-state index in [9.17, 15) is 9.18 Å². The second-order valence-corrected chi connectivity index (χ2v) is 8.99. The average molecular weight is 489 g/mol. The van der Waals surface area contributed by atoms with Crippen molar-refractivity contribution in [3.05, 3.63) is 103 Å². The van der Waals surface area contributed by atoms with E-state index in [-0.39, 0.29) is 18.3 Å². The first kappa shape index (κ1) is 24.2. The van der Waals surface area contributed by atoms with Gasteiger partial charge in [-0.1, -0.05) is 78.5 Å². The molecule has 0 spiro atoms. The molecule has 3 aromatic carbocycles. The Labute approximate surface area is 207 Å². The molecule has 0 fully saturated rings. The quantitative estimate of drug-likeness (QED) is 0.220. The summed E-state index contributed by atoms with van der Waals surface area (Å²) in [5, 5.41) is 11.6. The summed E-state index contributed by atoms with van der Waals surface area (Å²) in [5.41, 5.74) is 2.71. The lowest BCUT2D eigenvalue weighted by Gasteiger charge is -2.15. The van der Waals surface area contributed by atoms with Gasteiger partial charge in [0.1, 0.15) is 6.61 Å². The van der Waals surface area contributed by atoms with Crippen molar-refractivity contribution in [2.45, 2.75) is 30.5 Å². The zero-order valence-electron chi connectivity index (χ0n) is 19.2. The van der Waals surface area contributed by atoms with Gasteiger partial charge in [0, 0.05) is 17.8 Å². The van der Waals surface area contributed by atoms with Gasteiger partial charge < -0.3 is 10.1 Å². The zero-order chi connectivity index (χ0) is 24.6. The predicted molar refractivity (Wildman–Crippen MR) is 137 cm³/mol. The van der Waals surface area contributed by atoms with Gasteiger partial charge in [-0.3, -0.25) is 9.36 Å². The van der Waals surface area contributed by atoms with E-state index in [1.165, 1.54) is 17.8 Å². The molecule has 1 N–H and O–H groups in total. The molecule has 0 bridgehead atoms. The van der Waals surface area contributed by atoms with Crippen molar-refractivity contribution in [1.82, 2.24) is 14.8 Å². The van der Waals surface area contributed by atoms with Gasteiger partial charge in [0.25, 0.3) is 0 Å². The Balaban J connectivity index is 1.46. The van der Waals surface area contributed by atoms with Crippen LogP contribution < -0.4 is 10.1 Å². The van der Waals surface area contributed by atoms with Crippen molar-refractivity contribution >= 4 is 23.4 Å². The number of halogens is 1. The number of nitrogens with zero attached hydrogens (tertiary/aromatic N) is 3. The molecule has 0 aliphatic heterocycles. The predicted octanol–water partition coefficient (Wildman–Crippen LogP) is 5.97. The molecular weight excluding hydrogens is 463 g/mol. The van der Waals surface area contributed by atoms with E-state index in [1.54, 1.807) is 28.8 Å². The van der Waals surface area contributed by atoms with E-state index in [1.807, 2.05) is 61.5 Å². The molecule has 0 saturated heterocycles. The number of hydrogen-bond donors (Lipinski definition) is 1. The Morgan fingerprint density at radius 3 is 2.57 bits per heavy atom. The Morgan fingerprint density at radius 1 is 1.09 bits per heavy atom. The zero-order valence-corrected chi connectivity index (χ0v) is 20.0. The van der Waals surface area contributed by atoms with Gasteiger partial charge in [0.15, 0.2) is 22.5 Å². The molecule has 1 unspecified atom stereocenters. The normalized spacial score (nSPS) is 11.6. The number of ether oxygens (including phenoxy) is 1. The summed E-state index contributed by atoms with van der Waals surface area (Å²) in [6, 6.07) is 23.8. The summed E-state index contributed by atoms with van der Waals surface area (Å²) in [6.45, 7) is 6.07. The number of hydrogen-bond acceptors (Lipinski definition) is 5. The van der Waals surface area contributed by atoms with Crippen LogP contribution in [0, 0.1) is 5.82 Å². The van der Waals surface area contributed by atoms with Gasteiger partial charge in [-0.05, 0) is 30.7 Å². The lowest BCUT2D eigenvalue weighted by atomic mass is 10.0. The Morgan fingerprint density at radius 2 is 1.80 bits per heavy atom. The SMILES string of the molecule is C=CCn1c(COc2ccccc2F)nnc1SC(C)C(=O)Nc1ccccc1-c1ccccc1. The summed E-state index contributed by atoms with van der Waals surface area (Å²) >= 11 is 1.28. The highest BCUT2D eigenvalue weighted by molar-refractivity contribution is 8.00. The van der Waals surface area contributed by atoms with Crippen LogP contribution in [-0.2, 0) is 17.9 Å². The fourth-order valence-corrected chi connectivity index (χ4v) is 4.31. The first-order valence-corrected chi connectivity index (χ1v) is 12.0. The van der Waals surface area contributed by atoms with E-state index >= 15 is 0 Å². The van der Waals surface area contributed by atoms with Gasteiger partial charge in [-0.2, -0.15) is 0 Å². The lowest BCUT2D eigenvalue weighted by molar-refractivity contribution is -0.115. The number of amides is 1. The Kier molecular flexibility index (Phi) is 7.95. The summed E-state index contributed by atoms with van der Waals surface area (Å²) in [5.74, 6) is 0.0472. The highest BCUT2D eigenvalue weighted by atomic mass is 32.2. The number of benzene rings is 3. The van der Waals surface area contributed by atoms with Crippen LogP contribution in [-0.4, -0.2) is 25.9 Å². The number of carbonyl (C=O) groups is 1. The monoisotopic (exact) mass is 488 g/mol. The Bertz CT molecular complexity index is 1310. The second-order valence-electron chi connectivity index (χ2n) is 7.68. The van der Waals surface area contributed by atoms with Crippen LogP contribution in [0.1, 0.15) is 12.7 Å². The number of aromatic nitrogens is 3. The van der Waals surface area contributed by atoms with Crippen LogP contribution in [0.5, 0.6) is 5.75 Å². The maximum Gasteiger partial charge on any atom is 0.237 e. The second kappa shape index (κ2) is 11.5. The number of thioether (sulfide) groups is 1. The first-order valence-electron chi connectivity index (χ1n) is 11.1. The molecule has 1 aromatic heterocycles. The van der Waals surface area contributed by atoms with Gasteiger partial charge in [0.05, 0.1) is 5.25 Å². The van der Waals surface area contributed by atoms with Crippen molar-refractivity contribution in [2.75, 3.05) is 5.32 Å². The van der Waals surface area contributed by atoms with Crippen LogP contribution in [0.25, 0.3) is 11.1 Å². The molecule has 4 aromatic rings. The number of carbonyl (C=O) groups excluding carboxylic acids is 1. The molecule has 1 atom stereocenters. The van der Waals surface area contributed by atoms with Crippen molar-refractivity contribution in [2.24, 2.45) is 0 Å². The maximum absolute atomic E-state index is 13.9. The molecule has 0 aliphatic carbocycles. The van der Waals surface area contributed by atoms with Crippen LogP contribution in [0.3, 0.4) is 0 Å². The van der Waals surface area contributed by atoms with Crippen molar-refractivity contribution in [1.29, 1.82) is 0 Å². The number of para-hydroxylation sites is 2. The van der Waals surface area contributed by atoms with E-state index in [0.29, 0.717) is 17.5 Å². The molecule has 1 amide bonds. The minimum atomic E-state index is -0.452. The summed E-state index contributed by atoms with van der Waals surface area (Å²) in [7, 11) is 0. The third kappa shape index (κ3) is 5.96. The fourth-order valence-electron chi connectivity index (χ4n) is 3.44. The highest BCUT2D eigenvalue weighted by Gasteiger charge is 2.21. The van der Waals surface area contributed by atoms with Crippen molar-refractivity contribution in [3.63, 3.8) is 0 Å². The first-order chi connectivity index (χ1) is 17.1. The highest BCUT2D eigenvalue weighted by Crippen LogP contribution is 2.29. The minimum Gasteiger partial charge on any atom is -0.483 e. The van der Waals surface area contributed by atoms with E-state index < -0.39 is 11.1 Å².